The summed E-state index contributed by atoms with van der Waals surface area (Å²) in [6.07, 6.45) is 2.96. The van der Waals surface area contributed by atoms with Crippen molar-refractivity contribution in [2.75, 3.05) is 12.0 Å². The van der Waals surface area contributed by atoms with Gasteiger partial charge in [-0.1, -0.05) is 54.6 Å². The van der Waals surface area contributed by atoms with E-state index >= 15 is 0 Å². The first-order valence-electron chi connectivity index (χ1n) is 9.92. The SMILES string of the molecule is COc1ccc2c(c1)-c1ccccc1N1C(=O)[C@@H](CCCc3ccccc3)[C@H]21. The molecule has 2 aliphatic rings. The van der Waals surface area contributed by atoms with E-state index in [2.05, 4.69) is 48.5 Å². The lowest BCUT2D eigenvalue weighted by molar-refractivity contribution is -0.130. The van der Waals surface area contributed by atoms with Gasteiger partial charge in [-0.2, -0.15) is 0 Å². The Kier molecular flexibility index (Phi) is 4.16. The highest BCUT2D eigenvalue weighted by Gasteiger charge is 2.51. The molecule has 0 spiro atoms. The van der Waals surface area contributed by atoms with Crippen LogP contribution in [0.15, 0.2) is 72.8 Å². The van der Waals surface area contributed by atoms with Gasteiger partial charge in [0.2, 0.25) is 5.91 Å². The second-order valence-corrected chi connectivity index (χ2v) is 7.61. The van der Waals surface area contributed by atoms with Crippen LogP contribution in [0.3, 0.4) is 0 Å². The molecule has 3 aromatic rings. The second kappa shape index (κ2) is 6.83. The van der Waals surface area contributed by atoms with Crippen LogP contribution < -0.4 is 9.64 Å². The van der Waals surface area contributed by atoms with E-state index in [-0.39, 0.29) is 17.9 Å². The minimum absolute atomic E-state index is 0.0595. The Morgan fingerprint density at radius 2 is 1.71 bits per heavy atom. The molecule has 1 fully saturated rings. The summed E-state index contributed by atoms with van der Waals surface area (Å²) in [4.78, 5) is 15.0. The molecule has 2 heterocycles. The molecule has 28 heavy (non-hydrogen) atoms. The minimum atomic E-state index is 0.0595. The molecule has 0 N–H and O–H groups in total. The highest BCUT2D eigenvalue weighted by atomic mass is 16.5. The number of anilines is 1. The maximum atomic E-state index is 13.0. The third kappa shape index (κ3) is 2.62. The van der Waals surface area contributed by atoms with Gasteiger partial charge in [0.1, 0.15) is 5.75 Å². The van der Waals surface area contributed by atoms with Crippen molar-refractivity contribution in [3.63, 3.8) is 0 Å². The highest BCUT2D eigenvalue weighted by molar-refractivity contribution is 6.08. The van der Waals surface area contributed by atoms with Gasteiger partial charge in [0, 0.05) is 5.56 Å². The van der Waals surface area contributed by atoms with E-state index in [1.165, 1.54) is 16.7 Å². The van der Waals surface area contributed by atoms with Gasteiger partial charge in [0.05, 0.1) is 24.8 Å². The van der Waals surface area contributed by atoms with E-state index in [1.807, 2.05) is 29.2 Å². The molecule has 0 aliphatic carbocycles. The first kappa shape index (κ1) is 17.1. The topological polar surface area (TPSA) is 29.5 Å². The first-order chi connectivity index (χ1) is 13.8. The summed E-state index contributed by atoms with van der Waals surface area (Å²) in [7, 11) is 1.70. The van der Waals surface area contributed by atoms with Crippen molar-refractivity contribution >= 4 is 11.6 Å². The van der Waals surface area contributed by atoms with E-state index < -0.39 is 0 Å². The molecule has 0 unspecified atom stereocenters. The Morgan fingerprint density at radius 1 is 0.929 bits per heavy atom. The number of β-lactam (4-membered cyclic amide) rings is 1. The van der Waals surface area contributed by atoms with Crippen molar-refractivity contribution in [2.24, 2.45) is 5.92 Å². The number of carbonyl (C=O) groups is 1. The largest absolute Gasteiger partial charge is 0.497 e. The number of ether oxygens (including phenoxy) is 1. The molecule has 3 nitrogen and oxygen atoms in total. The lowest BCUT2D eigenvalue weighted by Crippen LogP contribution is -2.56. The first-order valence-corrected chi connectivity index (χ1v) is 9.92. The molecular formula is C25H23NO2. The van der Waals surface area contributed by atoms with Crippen LogP contribution >= 0.6 is 0 Å². The normalized spacial score (nSPS) is 19.3. The van der Waals surface area contributed by atoms with Gasteiger partial charge >= 0.3 is 0 Å². The van der Waals surface area contributed by atoms with E-state index in [4.69, 9.17) is 4.74 Å². The Bertz CT molecular complexity index is 1030. The molecule has 140 valence electrons. The van der Waals surface area contributed by atoms with Crippen LogP contribution in [0.4, 0.5) is 5.69 Å². The monoisotopic (exact) mass is 369 g/mol. The number of nitrogens with zero attached hydrogens (tertiary/aromatic N) is 1. The molecule has 3 aromatic carbocycles. The zero-order chi connectivity index (χ0) is 19.1. The zero-order valence-corrected chi connectivity index (χ0v) is 16.0. The van der Waals surface area contributed by atoms with Crippen LogP contribution in [0.1, 0.15) is 30.0 Å². The smallest absolute Gasteiger partial charge is 0.233 e. The Hall–Kier alpha value is -3.07. The Balaban J connectivity index is 1.44. The zero-order valence-electron chi connectivity index (χ0n) is 16.0. The molecule has 3 heteroatoms. The lowest BCUT2D eigenvalue weighted by atomic mass is 9.73. The fourth-order valence-corrected chi connectivity index (χ4v) is 4.69. The van der Waals surface area contributed by atoms with E-state index in [1.54, 1.807) is 7.11 Å². The Morgan fingerprint density at radius 3 is 2.54 bits per heavy atom. The lowest BCUT2D eigenvalue weighted by Gasteiger charge is -2.51. The summed E-state index contributed by atoms with van der Waals surface area (Å²) in [5, 5.41) is 0. The van der Waals surface area contributed by atoms with E-state index in [9.17, 15) is 4.79 Å². The van der Waals surface area contributed by atoms with E-state index in [0.29, 0.717) is 0 Å². The quantitative estimate of drug-likeness (QED) is 0.563. The summed E-state index contributed by atoms with van der Waals surface area (Å²) in [5.74, 6) is 1.17. The van der Waals surface area contributed by atoms with Crippen LogP contribution in [0.25, 0.3) is 11.1 Å². The van der Waals surface area contributed by atoms with Crippen molar-refractivity contribution < 1.29 is 9.53 Å². The molecule has 2 aliphatic heterocycles. The van der Waals surface area contributed by atoms with Crippen LogP contribution in [-0.4, -0.2) is 13.0 Å². The van der Waals surface area contributed by atoms with Crippen LogP contribution in [0.5, 0.6) is 5.75 Å². The molecular weight excluding hydrogens is 346 g/mol. The predicted molar refractivity (Wildman–Crippen MR) is 112 cm³/mol. The minimum Gasteiger partial charge on any atom is -0.497 e. The van der Waals surface area contributed by atoms with Crippen LogP contribution in [-0.2, 0) is 11.2 Å². The van der Waals surface area contributed by atoms with Crippen LogP contribution in [0.2, 0.25) is 0 Å². The standard InChI is InChI=1S/C25H23NO2/c1-28-18-14-15-20-22(16-18)19-11-5-6-13-23(19)26-24(20)21(25(26)27)12-7-10-17-8-3-2-4-9-17/h2-6,8-9,11,13-16,21,24H,7,10,12H2,1H3/t21-,24-/m0/s1. The maximum Gasteiger partial charge on any atom is 0.233 e. The second-order valence-electron chi connectivity index (χ2n) is 7.61. The van der Waals surface area contributed by atoms with Gasteiger partial charge in [-0.15, -0.1) is 0 Å². The molecule has 0 aromatic heterocycles. The number of fused-ring (bicyclic) bond motifs is 6. The highest BCUT2D eigenvalue weighted by Crippen LogP contribution is 2.55. The molecule has 0 radical (unpaired) electrons. The van der Waals surface area contributed by atoms with E-state index in [0.717, 1.165) is 36.3 Å². The van der Waals surface area contributed by atoms with Crippen molar-refractivity contribution in [3.8, 4) is 16.9 Å². The van der Waals surface area contributed by atoms with Crippen molar-refractivity contribution in [3.05, 3.63) is 83.9 Å². The maximum absolute atomic E-state index is 13.0. The van der Waals surface area contributed by atoms with Gasteiger partial charge in [-0.05, 0) is 54.2 Å². The summed E-state index contributed by atoms with van der Waals surface area (Å²) in [6.45, 7) is 0. The number of aryl methyl sites for hydroxylation is 1. The molecule has 2 atom stereocenters. The summed E-state index contributed by atoms with van der Waals surface area (Å²) in [5.41, 5.74) is 5.91. The van der Waals surface area contributed by atoms with Gasteiger partial charge in [-0.3, -0.25) is 4.79 Å². The average Bonchev–Trinajstić information content (AvgIpc) is 2.75. The predicted octanol–water partition coefficient (Wildman–Crippen LogP) is 5.40. The average molecular weight is 369 g/mol. The molecule has 1 amide bonds. The molecule has 5 rings (SSSR count). The number of hydrogen-bond acceptors (Lipinski definition) is 2. The Labute approximate surface area is 165 Å². The van der Waals surface area contributed by atoms with Gasteiger partial charge in [0.25, 0.3) is 0 Å². The number of para-hydroxylation sites is 1. The molecule has 0 bridgehead atoms. The summed E-state index contributed by atoms with van der Waals surface area (Å²) in [6, 6.07) is 25.1. The summed E-state index contributed by atoms with van der Waals surface area (Å²) >= 11 is 0. The molecule has 0 saturated carbocycles. The number of benzene rings is 3. The third-order valence-corrected chi connectivity index (χ3v) is 6.07. The summed E-state index contributed by atoms with van der Waals surface area (Å²) < 4.78 is 5.46. The van der Waals surface area contributed by atoms with Crippen molar-refractivity contribution in [1.29, 1.82) is 0 Å². The van der Waals surface area contributed by atoms with Crippen molar-refractivity contribution in [1.82, 2.24) is 0 Å². The van der Waals surface area contributed by atoms with Gasteiger partial charge in [0.15, 0.2) is 0 Å². The third-order valence-electron chi connectivity index (χ3n) is 6.07. The number of rotatable bonds is 5. The van der Waals surface area contributed by atoms with Crippen molar-refractivity contribution in [2.45, 2.75) is 25.3 Å². The fraction of sp³-hybridized carbons (Fsp3) is 0.240. The van der Waals surface area contributed by atoms with Crippen LogP contribution in [0, 0.1) is 5.92 Å². The fourth-order valence-electron chi connectivity index (χ4n) is 4.69. The van der Waals surface area contributed by atoms with Gasteiger partial charge < -0.3 is 9.64 Å². The number of hydrogen-bond donors (Lipinski definition) is 0. The number of methoxy groups -OCH3 is 1. The number of carbonyl (C=O) groups excluding carboxylic acids is 1. The van der Waals surface area contributed by atoms with Gasteiger partial charge in [-0.25, -0.2) is 0 Å². The number of amides is 1. The molecule has 1 saturated heterocycles.